The number of nitrogens with zero attached hydrogens (tertiary/aromatic N) is 2. The molecule has 0 spiro atoms. The van der Waals surface area contributed by atoms with Crippen molar-refractivity contribution in [1.82, 2.24) is 9.13 Å². The Morgan fingerprint density at radius 2 is 1.69 bits per heavy atom. The van der Waals surface area contributed by atoms with E-state index in [-0.39, 0.29) is 40.1 Å². The summed E-state index contributed by atoms with van der Waals surface area (Å²) in [6, 6.07) is 13.5. The Bertz CT molecular complexity index is 1850. The number of hydrogen-bond acceptors (Lipinski definition) is 6. The minimum absolute atomic E-state index is 0.00179. The Hall–Kier alpha value is -4.30. The van der Waals surface area contributed by atoms with Gasteiger partial charge in [0.2, 0.25) is 5.43 Å². The van der Waals surface area contributed by atoms with Crippen LogP contribution in [0.1, 0.15) is 23.5 Å². The molecule has 0 bridgehead atoms. The van der Waals surface area contributed by atoms with Gasteiger partial charge in [0.1, 0.15) is 28.7 Å². The standard InChI is InChI=1S/C27H19ClN2O6/c1-29-18-8-5-14(9-19(18)30(2)27(29)34)16-10-22(32)36-21-11-20(31)24-25(33)17(12-35-26(24)23(16)21)13-3-6-15(28)7-4-13/h3-9,11-12,16,31H,10H2,1-2H3/t16-/m1/s1. The zero-order valence-electron chi connectivity index (χ0n) is 19.2. The van der Waals surface area contributed by atoms with E-state index in [2.05, 4.69) is 0 Å². The third kappa shape index (κ3) is 3.18. The Balaban J connectivity index is 1.60. The molecule has 0 fully saturated rings. The number of imidazole rings is 1. The Labute approximate surface area is 208 Å². The molecule has 6 rings (SSSR count). The summed E-state index contributed by atoms with van der Waals surface area (Å²) in [5.74, 6) is -1.21. The van der Waals surface area contributed by atoms with Crippen LogP contribution in [0.3, 0.4) is 0 Å². The summed E-state index contributed by atoms with van der Waals surface area (Å²) < 4.78 is 14.5. The number of carbonyl (C=O) groups excluding carboxylic acids is 1. The van der Waals surface area contributed by atoms with Gasteiger partial charge in [-0.3, -0.25) is 18.7 Å². The van der Waals surface area contributed by atoms with Crippen molar-refractivity contribution < 1.29 is 19.1 Å². The third-order valence-corrected chi connectivity index (χ3v) is 7.08. The quantitative estimate of drug-likeness (QED) is 0.282. The monoisotopic (exact) mass is 502 g/mol. The summed E-state index contributed by atoms with van der Waals surface area (Å²) in [6.07, 6.45) is 1.34. The van der Waals surface area contributed by atoms with Gasteiger partial charge in [-0.1, -0.05) is 29.8 Å². The van der Waals surface area contributed by atoms with Crippen molar-refractivity contribution in [3.05, 3.63) is 91.7 Å². The van der Waals surface area contributed by atoms with E-state index in [4.69, 9.17) is 20.8 Å². The number of aromatic hydroxyl groups is 1. The molecule has 1 aliphatic rings. The predicted octanol–water partition coefficient (Wildman–Crippen LogP) is 4.45. The molecule has 180 valence electrons. The van der Waals surface area contributed by atoms with E-state index in [1.165, 1.54) is 16.9 Å². The highest BCUT2D eigenvalue weighted by atomic mass is 35.5. The molecule has 0 saturated carbocycles. The zero-order valence-corrected chi connectivity index (χ0v) is 20.0. The van der Waals surface area contributed by atoms with Crippen LogP contribution >= 0.6 is 11.6 Å². The number of phenolic OH excluding ortho intramolecular Hbond substituents is 1. The number of aryl methyl sites for hydroxylation is 2. The molecule has 2 aromatic heterocycles. The first-order chi connectivity index (χ1) is 17.2. The number of ether oxygens (including phenoxy) is 1. The lowest BCUT2D eigenvalue weighted by atomic mass is 9.84. The van der Waals surface area contributed by atoms with Gasteiger partial charge >= 0.3 is 11.7 Å². The van der Waals surface area contributed by atoms with Crippen molar-refractivity contribution in [1.29, 1.82) is 0 Å². The van der Waals surface area contributed by atoms with Gasteiger partial charge < -0.3 is 14.3 Å². The molecular formula is C27H19ClN2O6. The van der Waals surface area contributed by atoms with Crippen molar-refractivity contribution in [2.24, 2.45) is 14.1 Å². The molecule has 1 N–H and O–H groups in total. The summed E-state index contributed by atoms with van der Waals surface area (Å²) in [4.78, 5) is 38.4. The van der Waals surface area contributed by atoms with Gasteiger partial charge in [0, 0.05) is 36.7 Å². The number of aromatic nitrogens is 2. The molecule has 0 aliphatic carbocycles. The number of carbonyl (C=O) groups is 1. The van der Waals surface area contributed by atoms with Crippen molar-refractivity contribution >= 4 is 39.6 Å². The Morgan fingerprint density at radius 3 is 2.44 bits per heavy atom. The van der Waals surface area contributed by atoms with Gasteiger partial charge in [0.15, 0.2) is 0 Å². The van der Waals surface area contributed by atoms with Gasteiger partial charge in [-0.05, 0) is 35.4 Å². The van der Waals surface area contributed by atoms with Crippen molar-refractivity contribution in [3.8, 4) is 22.6 Å². The van der Waals surface area contributed by atoms with E-state index in [0.29, 0.717) is 21.7 Å². The molecule has 0 unspecified atom stereocenters. The molecule has 36 heavy (non-hydrogen) atoms. The van der Waals surface area contributed by atoms with Crippen LogP contribution in [0.2, 0.25) is 5.02 Å². The molecule has 3 heterocycles. The van der Waals surface area contributed by atoms with Crippen LogP contribution in [0.25, 0.3) is 33.1 Å². The fraction of sp³-hybridized carbons (Fsp3) is 0.148. The van der Waals surface area contributed by atoms with Crippen LogP contribution in [0.4, 0.5) is 0 Å². The largest absolute Gasteiger partial charge is 0.507 e. The van der Waals surface area contributed by atoms with E-state index >= 15 is 0 Å². The molecule has 0 saturated heterocycles. The first-order valence-electron chi connectivity index (χ1n) is 11.2. The number of fused-ring (bicyclic) bond motifs is 4. The van der Waals surface area contributed by atoms with E-state index in [1.807, 2.05) is 18.2 Å². The number of benzene rings is 3. The van der Waals surface area contributed by atoms with Gasteiger partial charge in [-0.2, -0.15) is 0 Å². The zero-order chi connectivity index (χ0) is 25.3. The van der Waals surface area contributed by atoms with Crippen LogP contribution in [0.15, 0.2) is 68.8 Å². The van der Waals surface area contributed by atoms with Gasteiger partial charge in [-0.15, -0.1) is 0 Å². The van der Waals surface area contributed by atoms with E-state index in [0.717, 1.165) is 11.1 Å². The van der Waals surface area contributed by atoms with Crippen molar-refractivity contribution in [2.75, 3.05) is 0 Å². The molecule has 5 aromatic rings. The number of phenols is 1. The summed E-state index contributed by atoms with van der Waals surface area (Å²) in [7, 11) is 3.38. The SMILES string of the molecule is Cn1c(=O)n(C)c2cc([C@H]3CC(=O)Oc4cc(O)c5c(=O)c(-c6ccc(Cl)cc6)coc5c43)ccc21. The van der Waals surface area contributed by atoms with Crippen LogP contribution in [0.5, 0.6) is 11.5 Å². The van der Waals surface area contributed by atoms with Gasteiger partial charge in [0.05, 0.1) is 23.0 Å². The summed E-state index contributed by atoms with van der Waals surface area (Å²) >= 11 is 5.98. The van der Waals surface area contributed by atoms with Crippen LogP contribution < -0.4 is 15.9 Å². The summed E-state index contributed by atoms with van der Waals surface area (Å²) in [5, 5.41) is 11.3. The van der Waals surface area contributed by atoms with Gasteiger partial charge in [0.25, 0.3) is 0 Å². The summed E-state index contributed by atoms with van der Waals surface area (Å²) in [6.45, 7) is 0. The molecule has 3 aromatic carbocycles. The maximum absolute atomic E-state index is 13.5. The molecule has 1 aliphatic heterocycles. The lowest BCUT2D eigenvalue weighted by molar-refractivity contribution is -0.135. The van der Waals surface area contributed by atoms with Crippen molar-refractivity contribution in [2.45, 2.75) is 12.3 Å². The predicted molar refractivity (Wildman–Crippen MR) is 135 cm³/mol. The maximum Gasteiger partial charge on any atom is 0.328 e. The molecule has 0 radical (unpaired) electrons. The van der Waals surface area contributed by atoms with Gasteiger partial charge in [-0.25, -0.2) is 4.79 Å². The minimum Gasteiger partial charge on any atom is -0.507 e. The fourth-order valence-corrected chi connectivity index (χ4v) is 5.11. The highest BCUT2D eigenvalue weighted by molar-refractivity contribution is 6.30. The fourth-order valence-electron chi connectivity index (χ4n) is 4.99. The second kappa shape index (κ2) is 7.86. The lowest BCUT2D eigenvalue weighted by Crippen LogP contribution is -2.22. The highest BCUT2D eigenvalue weighted by Crippen LogP contribution is 2.46. The smallest absolute Gasteiger partial charge is 0.328 e. The van der Waals surface area contributed by atoms with E-state index in [9.17, 15) is 19.5 Å². The molecular weight excluding hydrogens is 484 g/mol. The molecule has 9 heteroatoms. The normalized spacial score (nSPS) is 15.3. The Kier molecular flexibility index (Phi) is 4.84. The number of rotatable bonds is 2. The maximum atomic E-state index is 13.5. The first-order valence-corrected chi connectivity index (χ1v) is 11.6. The second-order valence-electron chi connectivity index (χ2n) is 8.88. The average Bonchev–Trinajstić information content (AvgIpc) is 3.07. The molecule has 8 nitrogen and oxygen atoms in total. The molecule has 0 amide bonds. The molecule has 1 atom stereocenters. The second-order valence-corrected chi connectivity index (χ2v) is 9.31. The number of hydrogen-bond donors (Lipinski definition) is 1. The average molecular weight is 503 g/mol. The van der Waals surface area contributed by atoms with E-state index < -0.39 is 17.3 Å². The lowest BCUT2D eigenvalue weighted by Gasteiger charge is -2.26. The van der Waals surface area contributed by atoms with E-state index in [1.54, 1.807) is 42.9 Å². The number of halogens is 1. The van der Waals surface area contributed by atoms with Crippen LogP contribution in [0, 0.1) is 0 Å². The van der Waals surface area contributed by atoms with Crippen molar-refractivity contribution in [3.63, 3.8) is 0 Å². The number of esters is 1. The van der Waals surface area contributed by atoms with Crippen LogP contribution in [-0.4, -0.2) is 20.2 Å². The minimum atomic E-state index is -0.520. The first kappa shape index (κ1) is 22.2. The third-order valence-electron chi connectivity index (χ3n) is 6.82. The highest BCUT2D eigenvalue weighted by Gasteiger charge is 2.34. The summed E-state index contributed by atoms with van der Waals surface area (Å²) in [5.41, 5.74) is 3.10. The Morgan fingerprint density at radius 1 is 0.972 bits per heavy atom. The van der Waals surface area contributed by atoms with Crippen LogP contribution in [-0.2, 0) is 18.9 Å². The topological polar surface area (TPSA) is 104 Å².